The van der Waals surface area contributed by atoms with Crippen LogP contribution in [0.5, 0.6) is 0 Å². The Morgan fingerprint density at radius 3 is 1.69 bits per heavy atom. The first-order chi connectivity index (χ1) is 30.1. The maximum atomic E-state index is 9.60. The van der Waals surface area contributed by atoms with Crippen LogP contribution in [0.1, 0.15) is 19.2 Å². The molecular formula is C48H30O. The van der Waals surface area contributed by atoms with Gasteiger partial charge in [-0.1, -0.05) is 151 Å². The van der Waals surface area contributed by atoms with Crippen LogP contribution in [0.4, 0.5) is 0 Å². The topological polar surface area (TPSA) is 13.1 Å². The Hall–Kier alpha value is -6.44. The van der Waals surface area contributed by atoms with E-state index in [1.165, 1.54) is 0 Å². The van der Waals surface area contributed by atoms with Gasteiger partial charge in [0.25, 0.3) is 0 Å². The maximum Gasteiger partial charge on any atom is 0.143 e. The SMILES string of the molecule is [2H]c1c([2H])c([2H])c(-c2ccc3c(ccc4c3oc3cccc(-c5c6ccccc6c(-c6c([2H])c([2H])c([2H])c(-c7c([2H])c([2H])c([2H])c([2H])c7[2H])c6[2H])c6ccccc56)c34)c2)c([2H])c1[2H]. The molecule has 0 fully saturated rings. The lowest BCUT2D eigenvalue weighted by molar-refractivity contribution is 0.673. The number of benzene rings is 9. The summed E-state index contributed by atoms with van der Waals surface area (Å²) in [6, 6.07) is 23.0. The molecule has 0 unspecified atom stereocenters. The Morgan fingerprint density at radius 2 is 1.00 bits per heavy atom. The second-order valence-electron chi connectivity index (χ2n) is 11.8. The molecule has 1 nitrogen and oxygen atoms in total. The van der Waals surface area contributed by atoms with Gasteiger partial charge in [-0.05, 0) is 102 Å². The predicted octanol–water partition coefficient (Wildman–Crippen LogP) is 13.7. The van der Waals surface area contributed by atoms with Crippen molar-refractivity contribution in [3.8, 4) is 44.5 Å². The van der Waals surface area contributed by atoms with Crippen molar-refractivity contribution in [3.05, 3.63) is 182 Å². The molecule has 10 aromatic rings. The van der Waals surface area contributed by atoms with Gasteiger partial charge in [0, 0.05) is 16.2 Å². The van der Waals surface area contributed by atoms with Crippen LogP contribution in [0.2, 0.25) is 0 Å². The van der Waals surface area contributed by atoms with Crippen LogP contribution in [-0.2, 0) is 0 Å². The molecule has 1 aromatic heterocycles. The maximum absolute atomic E-state index is 9.60. The van der Waals surface area contributed by atoms with E-state index in [1.54, 1.807) is 12.1 Å². The quantitative estimate of drug-likeness (QED) is 0.175. The third-order valence-electron chi connectivity index (χ3n) is 9.09. The fourth-order valence-corrected chi connectivity index (χ4v) is 7.03. The van der Waals surface area contributed by atoms with Crippen LogP contribution in [0.3, 0.4) is 0 Å². The smallest absolute Gasteiger partial charge is 0.143 e. The Morgan fingerprint density at radius 1 is 0.408 bits per heavy atom. The van der Waals surface area contributed by atoms with Gasteiger partial charge >= 0.3 is 0 Å². The van der Waals surface area contributed by atoms with Crippen LogP contribution < -0.4 is 0 Å². The molecule has 0 saturated heterocycles. The minimum atomic E-state index is -0.639. The normalized spacial score (nSPS) is 15.7. The highest BCUT2D eigenvalue weighted by atomic mass is 16.3. The molecule has 0 N–H and O–H groups in total. The fraction of sp³-hybridized carbons (Fsp3) is 0. The standard InChI is InChI=1S/C48H30O/c1-3-13-31(14-4-1)33-17-11-18-36(30-33)45-38-19-7-9-21-40(38)46(41-22-10-8-20-39(41)45)42-23-12-24-44-47(42)43-28-26-35-29-34(32-15-5-2-6-16-32)25-27-37(35)48(43)49-44/h1-30H/i1D,2D,3D,4D,5D,6D,11D,13D,14D,15D,16D,17D,18D,30D. The third-order valence-corrected chi connectivity index (χ3v) is 9.09. The van der Waals surface area contributed by atoms with Gasteiger partial charge in [0.1, 0.15) is 11.2 Å². The van der Waals surface area contributed by atoms with E-state index in [0.29, 0.717) is 33.1 Å². The van der Waals surface area contributed by atoms with Crippen molar-refractivity contribution < 1.29 is 23.6 Å². The number of rotatable bonds is 4. The highest BCUT2D eigenvalue weighted by Crippen LogP contribution is 2.48. The highest BCUT2D eigenvalue weighted by Gasteiger charge is 2.21. The van der Waals surface area contributed by atoms with E-state index in [9.17, 15) is 2.74 Å². The molecule has 9 aromatic carbocycles. The molecule has 228 valence electrons. The average Bonchev–Trinajstić information content (AvgIpc) is 3.69. The summed E-state index contributed by atoms with van der Waals surface area (Å²) >= 11 is 0. The lowest BCUT2D eigenvalue weighted by atomic mass is 9.84. The van der Waals surface area contributed by atoms with E-state index in [4.69, 9.17) is 20.9 Å². The second kappa shape index (κ2) is 11.1. The number of hydrogen-bond donors (Lipinski definition) is 0. The molecule has 49 heavy (non-hydrogen) atoms. The van der Waals surface area contributed by atoms with Crippen LogP contribution in [0.15, 0.2) is 186 Å². The molecule has 0 aliphatic heterocycles. The first kappa shape index (κ1) is 17.1. The van der Waals surface area contributed by atoms with Gasteiger partial charge in [-0.25, -0.2) is 0 Å². The van der Waals surface area contributed by atoms with Crippen LogP contribution in [0.25, 0.3) is 98.8 Å². The van der Waals surface area contributed by atoms with Crippen molar-refractivity contribution in [1.29, 1.82) is 0 Å². The molecule has 0 radical (unpaired) electrons. The van der Waals surface area contributed by atoms with Gasteiger partial charge in [0.05, 0.1) is 19.2 Å². The van der Waals surface area contributed by atoms with Crippen molar-refractivity contribution in [2.24, 2.45) is 0 Å². The van der Waals surface area contributed by atoms with Crippen LogP contribution >= 0.6 is 0 Å². The Balaban J connectivity index is 1.25. The summed E-state index contributed by atoms with van der Waals surface area (Å²) in [6.45, 7) is 0. The van der Waals surface area contributed by atoms with Crippen molar-refractivity contribution >= 4 is 54.3 Å². The Bertz CT molecular complexity index is 3570. The zero-order valence-corrected chi connectivity index (χ0v) is 25.6. The monoisotopic (exact) mass is 636 g/mol. The Labute approximate surface area is 304 Å². The summed E-state index contributed by atoms with van der Waals surface area (Å²) in [5.41, 5.74) is 3.09. The summed E-state index contributed by atoms with van der Waals surface area (Å²) in [7, 11) is 0. The summed E-state index contributed by atoms with van der Waals surface area (Å²) in [4.78, 5) is 0. The molecule has 0 spiro atoms. The van der Waals surface area contributed by atoms with E-state index in [2.05, 4.69) is 0 Å². The van der Waals surface area contributed by atoms with Gasteiger partial charge in [0.15, 0.2) is 0 Å². The van der Waals surface area contributed by atoms with Gasteiger partial charge in [0.2, 0.25) is 0 Å². The molecule has 1 heteroatoms. The lowest BCUT2D eigenvalue weighted by Gasteiger charge is -2.18. The molecular weight excluding hydrogens is 593 g/mol. The molecule has 0 aliphatic rings. The van der Waals surface area contributed by atoms with Crippen molar-refractivity contribution in [2.75, 3.05) is 0 Å². The van der Waals surface area contributed by atoms with Gasteiger partial charge in [-0.15, -0.1) is 0 Å². The minimum absolute atomic E-state index is 0.0156. The molecule has 0 saturated carbocycles. The van der Waals surface area contributed by atoms with Crippen molar-refractivity contribution in [1.82, 2.24) is 0 Å². The summed E-state index contributed by atoms with van der Waals surface area (Å²) in [6.07, 6.45) is 0. The van der Waals surface area contributed by atoms with E-state index in [1.807, 2.05) is 84.9 Å². The molecule has 0 atom stereocenters. The second-order valence-corrected chi connectivity index (χ2v) is 11.8. The summed E-state index contributed by atoms with van der Waals surface area (Å²) < 4.78 is 127. The van der Waals surface area contributed by atoms with Crippen molar-refractivity contribution in [2.45, 2.75) is 0 Å². The highest BCUT2D eigenvalue weighted by molar-refractivity contribution is 6.27. The molecule has 0 aliphatic carbocycles. The number of fused-ring (bicyclic) bond motifs is 7. The third kappa shape index (κ3) is 4.40. The zero-order valence-electron chi connectivity index (χ0n) is 39.6. The van der Waals surface area contributed by atoms with Gasteiger partial charge in [-0.2, -0.15) is 0 Å². The fourth-order valence-electron chi connectivity index (χ4n) is 7.03. The molecule has 10 rings (SSSR count). The average molecular weight is 637 g/mol. The summed E-state index contributed by atoms with van der Waals surface area (Å²) in [5.74, 6) is 0. The van der Waals surface area contributed by atoms with E-state index in [-0.39, 0.29) is 34.3 Å². The van der Waals surface area contributed by atoms with Crippen LogP contribution in [-0.4, -0.2) is 0 Å². The van der Waals surface area contributed by atoms with Crippen LogP contribution in [0, 0.1) is 0 Å². The Kier molecular flexibility index (Phi) is 3.87. The van der Waals surface area contributed by atoms with E-state index >= 15 is 0 Å². The predicted molar refractivity (Wildman–Crippen MR) is 208 cm³/mol. The molecule has 1 heterocycles. The largest absolute Gasteiger partial charge is 0.455 e. The lowest BCUT2D eigenvalue weighted by Crippen LogP contribution is -1.91. The van der Waals surface area contributed by atoms with Crippen molar-refractivity contribution in [3.63, 3.8) is 0 Å². The van der Waals surface area contributed by atoms with E-state index in [0.717, 1.165) is 43.4 Å². The molecule has 0 bridgehead atoms. The number of hydrogen-bond acceptors (Lipinski definition) is 1. The molecule has 0 amide bonds. The van der Waals surface area contributed by atoms with Gasteiger partial charge in [-0.3, -0.25) is 0 Å². The first-order valence-corrected chi connectivity index (χ1v) is 15.7. The summed E-state index contributed by atoms with van der Waals surface area (Å²) in [5, 5.41) is 5.81. The van der Waals surface area contributed by atoms with E-state index < -0.39 is 72.5 Å². The first-order valence-electron chi connectivity index (χ1n) is 22.7. The van der Waals surface area contributed by atoms with Gasteiger partial charge < -0.3 is 4.42 Å². The minimum Gasteiger partial charge on any atom is -0.455 e. The number of furan rings is 1. The zero-order chi connectivity index (χ0) is 44.5.